The van der Waals surface area contributed by atoms with Crippen LogP contribution in [0.4, 0.5) is 5.95 Å². The normalized spacial score (nSPS) is 11.3. The van der Waals surface area contributed by atoms with Crippen LogP contribution in [0.15, 0.2) is 33.9 Å². The number of aromatic nitrogens is 4. The Morgan fingerprint density at radius 2 is 1.89 bits per heavy atom. The van der Waals surface area contributed by atoms with Crippen LogP contribution in [0.25, 0.3) is 11.2 Å². The van der Waals surface area contributed by atoms with E-state index in [1.807, 2.05) is 18.2 Å². The molecule has 0 amide bonds. The van der Waals surface area contributed by atoms with Gasteiger partial charge in [-0.25, -0.2) is 4.79 Å². The van der Waals surface area contributed by atoms with Crippen LogP contribution in [0.5, 0.6) is 0 Å². The highest BCUT2D eigenvalue weighted by Crippen LogP contribution is 2.22. The Morgan fingerprint density at radius 1 is 1.15 bits per heavy atom. The summed E-state index contributed by atoms with van der Waals surface area (Å²) in [5.74, 6) is 0.528. The second kappa shape index (κ2) is 7.98. The number of nitrogens with zero attached hydrogens (tertiary/aromatic N) is 4. The highest BCUT2D eigenvalue weighted by molar-refractivity contribution is 6.31. The molecule has 3 rings (SSSR count). The minimum absolute atomic E-state index is 0.344. The van der Waals surface area contributed by atoms with Crippen molar-refractivity contribution < 1.29 is 0 Å². The summed E-state index contributed by atoms with van der Waals surface area (Å²) in [4.78, 5) is 29.6. The fraction of sp³-hybridized carbons (Fsp3) is 0.389. The van der Waals surface area contributed by atoms with Gasteiger partial charge < -0.3 is 11.1 Å². The van der Waals surface area contributed by atoms with Crippen LogP contribution in [0.1, 0.15) is 18.4 Å². The molecule has 2 heterocycles. The molecule has 0 aliphatic heterocycles. The molecular weight excluding hydrogens is 368 g/mol. The molecule has 8 nitrogen and oxygen atoms in total. The number of hydrogen-bond donors (Lipinski definition) is 2. The number of rotatable bonds is 7. The summed E-state index contributed by atoms with van der Waals surface area (Å²) >= 11 is 6.31. The molecule has 1 aromatic carbocycles. The van der Waals surface area contributed by atoms with Crippen molar-refractivity contribution in [2.45, 2.75) is 19.4 Å². The van der Waals surface area contributed by atoms with E-state index in [-0.39, 0.29) is 5.56 Å². The number of nitrogens with one attached hydrogen (secondary N) is 1. The maximum atomic E-state index is 12.8. The van der Waals surface area contributed by atoms with Crippen molar-refractivity contribution in [1.82, 2.24) is 18.7 Å². The smallest absolute Gasteiger partial charge is 0.332 e. The zero-order chi connectivity index (χ0) is 19.6. The van der Waals surface area contributed by atoms with Crippen molar-refractivity contribution in [2.75, 3.05) is 18.4 Å². The highest BCUT2D eigenvalue weighted by Gasteiger charge is 2.19. The van der Waals surface area contributed by atoms with E-state index in [1.165, 1.54) is 11.6 Å². The molecule has 0 unspecified atom stereocenters. The van der Waals surface area contributed by atoms with Gasteiger partial charge in [0.15, 0.2) is 11.2 Å². The maximum absolute atomic E-state index is 12.8. The highest BCUT2D eigenvalue weighted by atomic mass is 35.5. The van der Waals surface area contributed by atoms with Gasteiger partial charge in [0.25, 0.3) is 5.56 Å². The summed E-state index contributed by atoms with van der Waals surface area (Å²) in [5, 5.41) is 3.87. The number of anilines is 1. The van der Waals surface area contributed by atoms with Crippen LogP contribution in [-0.4, -0.2) is 31.8 Å². The predicted octanol–water partition coefficient (Wildman–Crippen LogP) is 1.29. The van der Waals surface area contributed by atoms with Gasteiger partial charge in [-0.3, -0.25) is 18.5 Å². The molecule has 0 atom stereocenters. The van der Waals surface area contributed by atoms with Gasteiger partial charge in [0.2, 0.25) is 5.95 Å². The standard InChI is InChI=1S/C18H23ClN6O2/c1-23-15-14(16(26)24(2)18(23)27)25(11-12-7-3-4-8-13(12)19)17(22-15)21-10-6-5-9-20/h3-4,7-8H,5-6,9-11,20H2,1-2H3,(H,21,22). The monoisotopic (exact) mass is 390 g/mol. The van der Waals surface area contributed by atoms with Crippen LogP contribution < -0.4 is 22.3 Å². The third kappa shape index (κ3) is 3.63. The first-order valence-electron chi connectivity index (χ1n) is 8.79. The Morgan fingerprint density at radius 3 is 2.59 bits per heavy atom. The Hall–Kier alpha value is -2.58. The largest absolute Gasteiger partial charge is 0.356 e. The molecule has 0 aliphatic carbocycles. The third-order valence-corrected chi connectivity index (χ3v) is 4.92. The lowest BCUT2D eigenvalue weighted by atomic mass is 10.2. The van der Waals surface area contributed by atoms with Gasteiger partial charge in [-0.2, -0.15) is 4.98 Å². The molecule has 2 aromatic heterocycles. The van der Waals surface area contributed by atoms with E-state index in [1.54, 1.807) is 17.7 Å². The van der Waals surface area contributed by atoms with Gasteiger partial charge >= 0.3 is 5.69 Å². The number of aryl methyl sites for hydroxylation is 1. The fourth-order valence-corrected chi connectivity index (χ4v) is 3.20. The first-order chi connectivity index (χ1) is 13.0. The van der Waals surface area contributed by atoms with E-state index in [0.29, 0.717) is 41.8 Å². The van der Waals surface area contributed by atoms with Gasteiger partial charge in [0.1, 0.15) is 0 Å². The van der Waals surface area contributed by atoms with Crippen molar-refractivity contribution in [3.05, 3.63) is 55.7 Å². The van der Waals surface area contributed by atoms with Gasteiger partial charge in [-0.05, 0) is 31.0 Å². The number of unbranched alkanes of at least 4 members (excludes halogenated alkanes) is 1. The summed E-state index contributed by atoms with van der Waals surface area (Å²) in [5.41, 5.74) is 6.31. The van der Waals surface area contributed by atoms with Crippen molar-refractivity contribution in [1.29, 1.82) is 0 Å². The summed E-state index contributed by atoms with van der Waals surface area (Å²) in [6, 6.07) is 7.45. The van der Waals surface area contributed by atoms with Gasteiger partial charge in [-0.15, -0.1) is 0 Å². The summed E-state index contributed by atoms with van der Waals surface area (Å²) in [6.07, 6.45) is 1.76. The molecule has 144 valence electrons. The van der Waals surface area contributed by atoms with E-state index in [4.69, 9.17) is 17.3 Å². The molecule has 0 saturated carbocycles. The van der Waals surface area contributed by atoms with Crippen molar-refractivity contribution >= 4 is 28.7 Å². The average molecular weight is 391 g/mol. The minimum Gasteiger partial charge on any atom is -0.356 e. The average Bonchev–Trinajstić information content (AvgIpc) is 3.02. The molecule has 0 bridgehead atoms. The Balaban J connectivity index is 2.16. The summed E-state index contributed by atoms with van der Waals surface area (Å²) in [7, 11) is 3.07. The first-order valence-corrected chi connectivity index (χ1v) is 9.17. The lowest BCUT2D eigenvalue weighted by Crippen LogP contribution is -2.37. The SMILES string of the molecule is Cn1c(=O)c2c(nc(NCCCCN)n2Cc2ccccc2Cl)n(C)c1=O. The molecule has 3 N–H and O–H groups in total. The predicted molar refractivity (Wildman–Crippen MR) is 108 cm³/mol. The van der Waals surface area contributed by atoms with Gasteiger partial charge in [0, 0.05) is 25.7 Å². The summed E-state index contributed by atoms with van der Waals surface area (Å²) in [6.45, 7) is 1.65. The van der Waals surface area contributed by atoms with Gasteiger partial charge in [0.05, 0.1) is 6.54 Å². The lowest BCUT2D eigenvalue weighted by molar-refractivity contribution is 0.702. The third-order valence-electron chi connectivity index (χ3n) is 4.55. The zero-order valence-electron chi connectivity index (χ0n) is 15.4. The molecule has 0 spiro atoms. The van der Waals surface area contributed by atoms with E-state index < -0.39 is 5.69 Å². The van der Waals surface area contributed by atoms with Crippen LogP contribution >= 0.6 is 11.6 Å². The molecule has 0 fully saturated rings. The molecule has 3 aromatic rings. The van der Waals surface area contributed by atoms with E-state index >= 15 is 0 Å². The van der Waals surface area contributed by atoms with Crippen LogP contribution in [0.2, 0.25) is 5.02 Å². The molecule has 0 radical (unpaired) electrons. The Kier molecular flexibility index (Phi) is 5.67. The Labute approximate surface area is 161 Å². The van der Waals surface area contributed by atoms with Crippen molar-refractivity contribution in [3.8, 4) is 0 Å². The van der Waals surface area contributed by atoms with E-state index in [9.17, 15) is 9.59 Å². The van der Waals surface area contributed by atoms with E-state index in [2.05, 4.69) is 10.3 Å². The molecular formula is C18H23ClN6O2. The van der Waals surface area contributed by atoms with E-state index in [0.717, 1.165) is 23.0 Å². The second-order valence-electron chi connectivity index (χ2n) is 6.41. The first kappa shape index (κ1) is 19.2. The topological polar surface area (TPSA) is 99.9 Å². The fourth-order valence-electron chi connectivity index (χ4n) is 3.00. The quantitative estimate of drug-likeness (QED) is 0.592. The number of imidazole rings is 1. The number of nitrogens with two attached hydrogens (primary N) is 1. The Bertz CT molecular complexity index is 1080. The van der Waals surface area contributed by atoms with Crippen molar-refractivity contribution in [2.24, 2.45) is 19.8 Å². The van der Waals surface area contributed by atoms with Gasteiger partial charge in [-0.1, -0.05) is 29.8 Å². The zero-order valence-corrected chi connectivity index (χ0v) is 16.2. The molecule has 0 aliphatic rings. The molecule has 0 saturated heterocycles. The minimum atomic E-state index is -0.412. The number of halogens is 1. The number of benzene rings is 1. The van der Waals surface area contributed by atoms with Crippen molar-refractivity contribution in [3.63, 3.8) is 0 Å². The maximum Gasteiger partial charge on any atom is 0.332 e. The lowest BCUT2D eigenvalue weighted by Gasteiger charge is -2.12. The van der Waals surface area contributed by atoms with Crippen LogP contribution in [0, 0.1) is 0 Å². The molecule has 27 heavy (non-hydrogen) atoms. The number of fused-ring (bicyclic) bond motifs is 1. The summed E-state index contributed by atoms with van der Waals surface area (Å²) < 4.78 is 4.25. The van der Waals surface area contributed by atoms with Crippen LogP contribution in [0.3, 0.4) is 0 Å². The van der Waals surface area contributed by atoms with Crippen LogP contribution in [-0.2, 0) is 20.6 Å². The second-order valence-corrected chi connectivity index (χ2v) is 6.82. The molecule has 9 heteroatoms. The number of hydrogen-bond acceptors (Lipinski definition) is 5.